The molecule has 0 saturated carbocycles. The number of ether oxygens (including phenoxy) is 1. The molecule has 1 rings (SSSR count). The van der Waals surface area contributed by atoms with Crippen molar-refractivity contribution < 1.29 is 14.5 Å². The number of carbonyl (C=O) groups is 1. The normalized spacial score (nSPS) is 14.2. The molecule has 69 valence electrons. The van der Waals surface area contributed by atoms with Crippen LogP contribution in [0.4, 0.5) is 0 Å². The van der Waals surface area contributed by atoms with Crippen LogP contribution in [0.3, 0.4) is 0 Å². The van der Waals surface area contributed by atoms with E-state index in [-0.39, 0.29) is 18.3 Å². The molecule has 0 aromatic heterocycles. The number of nitro groups is 1. The Morgan fingerprint density at radius 3 is 2.92 bits per heavy atom. The van der Waals surface area contributed by atoms with Gasteiger partial charge in [-0.25, -0.2) is 4.99 Å². The van der Waals surface area contributed by atoms with Crippen molar-refractivity contribution in [1.82, 2.24) is 5.32 Å². The average Bonchev–Trinajstić information content (AvgIpc) is 2.48. The van der Waals surface area contributed by atoms with E-state index >= 15 is 0 Å². The highest BCUT2D eigenvalue weighted by Gasteiger charge is 2.24. The van der Waals surface area contributed by atoms with Crippen molar-refractivity contribution in [2.24, 2.45) is 4.99 Å². The minimum atomic E-state index is -0.662. The lowest BCUT2D eigenvalue weighted by Crippen LogP contribution is -2.21. The van der Waals surface area contributed by atoms with Crippen molar-refractivity contribution >= 4 is 11.8 Å². The Balaban J connectivity index is 2.37. The smallest absolute Gasteiger partial charge is 0.384 e. The first-order valence-electron chi connectivity index (χ1n) is 3.36. The van der Waals surface area contributed by atoms with E-state index in [2.05, 4.69) is 15.0 Å². The van der Waals surface area contributed by atoms with Gasteiger partial charge < -0.3 is 14.9 Å². The quantitative estimate of drug-likeness (QED) is 0.340. The number of rotatable bonds is 3. The van der Waals surface area contributed by atoms with Crippen LogP contribution in [0.25, 0.3) is 0 Å². The van der Waals surface area contributed by atoms with Gasteiger partial charge in [-0.15, -0.1) is 0 Å². The summed E-state index contributed by atoms with van der Waals surface area (Å²) in [4.78, 5) is 23.4. The van der Waals surface area contributed by atoms with Gasteiger partial charge in [0.25, 0.3) is 5.84 Å². The number of aliphatic imine (C=N–C) groups is 1. The molecular formula is C6H6N3O4. The molecule has 0 fully saturated rings. The Morgan fingerprint density at radius 2 is 2.46 bits per heavy atom. The molecule has 0 bridgehead atoms. The maximum Gasteiger partial charge on any atom is 0.384 e. The Kier molecular flexibility index (Phi) is 2.58. The van der Waals surface area contributed by atoms with E-state index in [1.807, 2.05) is 0 Å². The summed E-state index contributed by atoms with van der Waals surface area (Å²) in [6.07, 6.45) is 1.01. The molecule has 1 radical (unpaired) electrons. The molecule has 0 aliphatic carbocycles. The van der Waals surface area contributed by atoms with E-state index in [0.717, 1.165) is 6.20 Å². The predicted octanol–water partition coefficient (Wildman–Crippen LogP) is -0.358. The minimum absolute atomic E-state index is 0.127. The van der Waals surface area contributed by atoms with Crippen molar-refractivity contribution in [2.45, 2.75) is 6.92 Å². The molecule has 1 aliphatic rings. The predicted molar refractivity (Wildman–Crippen MR) is 41.3 cm³/mol. The second kappa shape index (κ2) is 3.65. The monoisotopic (exact) mass is 184 g/mol. The Morgan fingerprint density at radius 1 is 1.77 bits per heavy atom. The third-order valence-electron chi connectivity index (χ3n) is 1.16. The molecule has 0 unspecified atom stereocenters. The lowest BCUT2D eigenvalue weighted by Gasteiger charge is -1.95. The van der Waals surface area contributed by atoms with Crippen LogP contribution in [0.1, 0.15) is 6.92 Å². The SMILES string of the molecule is CC(=O)OCC1=NC=C([N+](=O)[O-])[N]1. The number of esters is 1. The van der Waals surface area contributed by atoms with Gasteiger partial charge in [0.05, 0.1) is 0 Å². The number of hydrogen-bond donors (Lipinski definition) is 0. The van der Waals surface area contributed by atoms with Crippen molar-refractivity contribution in [3.63, 3.8) is 0 Å². The summed E-state index contributed by atoms with van der Waals surface area (Å²) >= 11 is 0. The molecule has 7 nitrogen and oxygen atoms in total. The Labute approximate surface area is 73.2 Å². The van der Waals surface area contributed by atoms with Gasteiger partial charge in [0.15, 0.2) is 6.61 Å². The average molecular weight is 184 g/mol. The lowest BCUT2D eigenvalue weighted by molar-refractivity contribution is -0.429. The van der Waals surface area contributed by atoms with Crippen LogP contribution in [-0.2, 0) is 9.53 Å². The van der Waals surface area contributed by atoms with Crippen LogP contribution in [0, 0.1) is 10.1 Å². The second-order valence-electron chi connectivity index (χ2n) is 2.18. The van der Waals surface area contributed by atoms with Crippen LogP contribution < -0.4 is 5.32 Å². The highest BCUT2D eigenvalue weighted by molar-refractivity contribution is 5.88. The summed E-state index contributed by atoms with van der Waals surface area (Å²) in [5.74, 6) is -0.698. The summed E-state index contributed by atoms with van der Waals surface area (Å²) in [5.41, 5.74) is 0. The van der Waals surface area contributed by atoms with E-state index in [9.17, 15) is 14.9 Å². The van der Waals surface area contributed by atoms with Crippen LogP contribution in [0.5, 0.6) is 0 Å². The van der Waals surface area contributed by atoms with Gasteiger partial charge >= 0.3 is 11.8 Å². The van der Waals surface area contributed by atoms with Gasteiger partial charge in [-0.2, -0.15) is 0 Å². The van der Waals surface area contributed by atoms with Crippen LogP contribution >= 0.6 is 0 Å². The van der Waals surface area contributed by atoms with E-state index in [1.54, 1.807) is 0 Å². The summed E-state index contributed by atoms with van der Waals surface area (Å²) in [5, 5.41) is 13.6. The maximum absolute atomic E-state index is 10.3. The summed E-state index contributed by atoms with van der Waals surface area (Å²) in [7, 11) is 0. The van der Waals surface area contributed by atoms with Crippen LogP contribution in [0.15, 0.2) is 17.0 Å². The number of hydrogen-bond acceptors (Lipinski definition) is 5. The van der Waals surface area contributed by atoms with Crippen molar-refractivity contribution in [1.29, 1.82) is 0 Å². The second-order valence-corrected chi connectivity index (χ2v) is 2.18. The lowest BCUT2D eigenvalue weighted by atomic mass is 10.6. The zero-order valence-corrected chi connectivity index (χ0v) is 6.76. The zero-order chi connectivity index (χ0) is 9.84. The van der Waals surface area contributed by atoms with Gasteiger partial charge in [0, 0.05) is 6.92 Å². The number of nitrogens with zero attached hydrogens (tertiary/aromatic N) is 3. The van der Waals surface area contributed by atoms with Crippen molar-refractivity contribution in [3.8, 4) is 0 Å². The first-order chi connectivity index (χ1) is 6.09. The standard InChI is InChI=1S/C6H6N3O4/c1-4(10)13-3-5-7-2-6(8-5)9(11)12/h2H,3H2,1H3. The summed E-state index contributed by atoms with van der Waals surface area (Å²) in [6.45, 7) is 1.10. The minimum Gasteiger partial charge on any atom is -0.455 e. The molecule has 0 aromatic rings. The van der Waals surface area contributed by atoms with Gasteiger partial charge in [-0.3, -0.25) is 4.79 Å². The van der Waals surface area contributed by atoms with Gasteiger partial charge in [0.1, 0.15) is 6.20 Å². The number of amidine groups is 1. The van der Waals surface area contributed by atoms with Crippen molar-refractivity contribution in [3.05, 3.63) is 22.1 Å². The molecular weight excluding hydrogens is 178 g/mol. The summed E-state index contributed by atoms with van der Waals surface area (Å²) < 4.78 is 4.53. The molecule has 0 amide bonds. The number of carbonyl (C=O) groups excluding carboxylic acids is 1. The molecule has 0 saturated heterocycles. The molecule has 1 aliphatic heterocycles. The molecule has 0 atom stereocenters. The van der Waals surface area contributed by atoms with E-state index in [4.69, 9.17) is 0 Å². The first kappa shape index (κ1) is 9.17. The van der Waals surface area contributed by atoms with Crippen LogP contribution in [0.2, 0.25) is 0 Å². The van der Waals surface area contributed by atoms with Gasteiger partial charge in [0.2, 0.25) is 0 Å². The maximum atomic E-state index is 10.3. The summed E-state index contributed by atoms with van der Waals surface area (Å²) in [6, 6.07) is 0. The third-order valence-corrected chi connectivity index (χ3v) is 1.16. The van der Waals surface area contributed by atoms with E-state index in [0.29, 0.717) is 0 Å². The molecule has 13 heavy (non-hydrogen) atoms. The van der Waals surface area contributed by atoms with Crippen molar-refractivity contribution in [2.75, 3.05) is 6.61 Å². The topological polar surface area (TPSA) is 95.9 Å². The van der Waals surface area contributed by atoms with Crippen LogP contribution in [-0.4, -0.2) is 23.3 Å². The van der Waals surface area contributed by atoms with Gasteiger partial charge in [-0.05, 0) is 10.2 Å². The highest BCUT2D eigenvalue weighted by atomic mass is 16.6. The fourth-order valence-electron chi connectivity index (χ4n) is 0.646. The Bertz CT molecular complexity index is 307. The highest BCUT2D eigenvalue weighted by Crippen LogP contribution is 2.02. The third kappa shape index (κ3) is 2.55. The molecule has 0 spiro atoms. The zero-order valence-electron chi connectivity index (χ0n) is 6.76. The fourth-order valence-corrected chi connectivity index (χ4v) is 0.646. The molecule has 1 heterocycles. The largest absolute Gasteiger partial charge is 0.455 e. The molecule has 0 aromatic carbocycles. The Hall–Kier alpha value is -1.92. The first-order valence-corrected chi connectivity index (χ1v) is 3.36. The van der Waals surface area contributed by atoms with E-state index in [1.165, 1.54) is 6.92 Å². The molecule has 0 N–H and O–H groups in total. The van der Waals surface area contributed by atoms with Gasteiger partial charge in [-0.1, -0.05) is 0 Å². The van der Waals surface area contributed by atoms with E-state index < -0.39 is 10.9 Å². The molecule has 7 heteroatoms. The fraction of sp³-hybridized carbons (Fsp3) is 0.333.